The van der Waals surface area contributed by atoms with E-state index in [2.05, 4.69) is 9.72 Å². The zero-order chi connectivity index (χ0) is 20.2. The number of carbonyl (C=O) groups is 2. The Labute approximate surface area is 151 Å². The van der Waals surface area contributed by atoms with Gasteiger partial charge in [-0.15, -0.1) is 0 Å². The van der Waals surface area contributed by atoms with Crippen molar-refractivity contribution in [3.63, 3.8) is 0 Å². The van der Waals surface area contributed by atoms with E-state index in [9.17, 15) is 27.2 Å². The largest absolute Gasteiger partial charge is 0.466 e. The molecule has 1 unspecified atom stereocenters. The van der Waals surface area contributed by atoms with Crippen LogP contribution in [0.4, 0.5) is 23.4 Å². The average Bonchev–Trinajstić information content (AvgIpc) is 2.61. The zero-order valence-corrected chi connectivity index (χ0v) is 14.2. The van der Waals surface area contributed by atoms with Crippen molar-refractivity contribution in [2.45, 2.75) is 18.8 Å². The van der Waals surface area contributed by atoms with Gasteiger partial charge in [-0.3, -0.25) is 4.79 Å². The Morgan fingerprint density at radius 2 is 1.78 bits per heavy atom. The average molecular weight is 385 g/mol. The first-order valence-electron chi connectivity index (χ1n) is 7.54. The van der Waals surface area contributed by atoms with Crippen LogP contribution in [0.5, 0.6) is 0 Å². The van der Waals surface area contributed by atoms with E-state index >= 15 is 0 Å². The van der Waals surface area contributed by atoms with E-state index in [0.717, 1.165) is 19.2 Å². The van der Waals surface area contributed by atoms with E-state index < -0.39 is 35.1 Å². The molecule has 2 rings (SSSR count). The normalized spacial score (nSPS) is 13.4. The number of methoxy groups -OCH3 is 1. The molecule has 6 nitrogen and oxygen atoms in total. The van der Waals surface area contributed by atoms with Crippen LogP contribution in [0.1, 0.15) is 15.9 Å². The lowest BCUT2D eigenvalue weighted by molar-refractivity contribution is -0.203. The fourth-order valence-corrected chi connectivity index (χ4v) is 2.16. The monoisotopic (exact) mass is 385 g/mol. The number of esters is 1. The number of benzene rings is 1. The highest BCUT2D eigenvalue weighted by molar-refractivity contribution is 5.99. The van der Waals surface area contributed by atoms with Gasteiger partial charge in [0.2, 0.25) is 0 Å². The van der Waals surface area contributed by atoms with Crippen LogP contribution in [0.25, 0.3) is 0 Å². The molecule has 1 aromatic heterocycles. The molecule has 0 spiro atoms. The minimum Gasteiger partial charge on any atom is -0.466 e. The van der Waals surface area contributed by atoms with E-state index in [1.54, 1.807) is 6.92 Å². The molecular weight excluding hydrogens is 370 g/mol. The number of nitrogens with one attached hydrogen (secondary N) is 2. The van der Waals surface area contributed by atoms with E-state index in [4.69, 9.17) is 0 Å². The molecule has 1 atom stereocenters. The summed E-state index contributed by atoms with van der Waals surface area (Å²) >= 11 is 0. The predicted octanol–water partition coefficient (Wildman–Crippen LogP) is 2.80. The summed E-state index contributed by atoms with van der Waals surface area (Å²) in [5.41, 5.74) is -3.69. The second kappa shape index (κ2) is 7.60. The molecule has 144 valence electrons. The van der Waals surface area contributed by atoms with Crippen LogP contribution < -0.4 is 10.6 Å². The highest BCUT2D eigenvalue weighted by Gasteiger charge is 2.63. The minimum atomic E-state index is -5.34. The van der Waals surface area contributed by atoms with Gasteiger partial charge in [0.05, 0.1) is 12.7 Å². The summed E-state index contributed by atoms with van der Waals surface area (Å²) in [6, 6.07) is 7.04. The van der Waals surface area contributed by atoms with Gasteiger partial charge in [0, 0.05) is 6.20 Å². The maximum atomic E-state index is 13.9. The number of rotatable bonds is 5. The first kappa shape index (κ1) is 20.1. The Balaban J connectivity index is 2.50. The lowest BCUT2D eigenvalue weighted by atomic mass is 10.1. The van der Waals surface area contributed by atoms with Crippen molar-refractivity contribution in [3.8, 4) is 0 Å². The Kier molecular flexibility index (Phi) is 5.67. The molecule has 2 N–H and O–H groups in total. The number of aryl methyl sites for hydroxylation is 1. The second-order valence-electron chi connectivity index (χ2n) is 5.52. The third kappa shape index (κ3) is 4.15. The number of anilines is 1. The third-order valence-electron chi connectivity index (χ3n) is 3.56. The van der Waals surface area contributed by atoms with Crippen molar-refractivity contribution in [1.29, 1.82) is 0 Å². The molecule has 0 bridgehead atoms. The van der Waals surface area contributed by atoms with Gasteiger partial charge in [0.15, 0.2) is 0 Å². The molecule has 2 aromatic rings. The zero-order valence-electron chi connectivity index (χ0n) is 14.2. The fourth-order valence-electron chi connectivity index (χ4n) is 2.16. The predicted molar refractivity (Wildman–Crippen MR) is 87.3 cm³/mol. The molecule has 0 fully saturated rings. The van der Waals surface area contributed by atoms with Crippen LogP contribution in [0.15, 0.2) is 42.6 Å². The quantitative estimate of drug-likeness (QED) is 0.470. The standard InChI is InChI=1S/C17H15F4N3O3/c1-10-7-8-13(22-9-10)23-16(15(26)27-2,17(19,20)21)24-14(25)11-5-3-4-6-12(11)18/h3-9H,1-2H3,(H,22,23)(H,24,25). The number of carbonyl (C=O) groups excluding carboxylic acids is 2. The second-order valence-corrected chi connectivity index (χ2v) is 5.52. The molecule has 1 amide bonds. The van der Waals surface area contributed by atoms with Crippen LogP contribution in [0.3, 0.4) is 0 Å². The van der Waals surface area contributed by atoms with Crippen molar-refractivity contribution < 1.29 is 31.9 Å². The highest BCUT2D eigenvalue weighted by atomic mass is 19.4. The Bertz CT molecular complexity index is 840. The highest BCUT2D eigenvalue weighted by Crippen LogP contribution is 2.33. The van der Waals surface area contributed by atoms with Crippen LogP contribution in [0, 0.1) is 12.7 Å². The lowest BCUT2D eigenvalue weighted by Gasteiger charge is -2.34. The van der Waals surface area contributed by atoms with Gasteiger partial charge in [0.1, 0.15) is 11.6 Å². The SMILES string of the molecule is COC(=O)C(NC(=O)c1ccccc1F)(Nc1ccc(C)cn1)C(F)(F)F. The number of hydrogen-bond acceptors (Lipinski definition) is 5. The summed E-state index contributed by atoms with van der Waals surface area (Å²) < 4.78 is 59.6. The molecule has 1 heterocycles. The van der Waals surface area contributed by atoms with E-state index in [1.165, 1.54) is 35.8 Å². The maximum Gasteiger partial charge on any atom is 0.441 e. The molecule has 1 aromatic carbocycles. The van der Waals surface area contributed by atoms with Gasteiger partial charge in [0.25, 0.3) is 5.91 Å². The molecule has 0 saturated heterocycles. The van der Waals surface area contributed by atoms with Crippen LogP contribution in [0.2, 0.25) is 0 Å². The number of alkyl halides is 3. The third-order valence-corrected chi connectivity index (χ3v) is 3.56. The Hall–Kier alpha value is -3.17. The first-order valence-corrected chi connectivity index (χ1v) is 7.54. The van der Waals surface area contributed by atoms with E-state index in [0.29, 0.717) is 5.56 Å². The summed E-state index contributed by atoms with van der Waals surface area (Å²) in [5.74, 6) is -4.71. The van der Waals surface area contributed by atoms with Crippen LogP contribution >= 0.6 is 0 Å². The van der Waals surface area contributed by atoms with Gasteiger partial charge in [-0.25, -0.2) is 14.2 Å². The molecule has 27 heavy (non-hydrogen) atoms. The number of hydrogen-bond donors (Lipinski definition) is 2. The summed E-state index contributed by atoms with van der Waals surface area (Å²) in [6.07, 6.45) is -4.08. The van der Waals surface area contributed by atoms with Crippen molar-refractivity contribution in [2.24, 2.45) is 0 Å². The van der Waals surface area contributed by atoms with Gasteiger partial charge in [-0.1, -0.05) is 18.2 Å². The first-order chi connectivity index (χ1) is 12.6. The van der Waals surface area contributed by atoms with E-state index in [1.807, 2.05) is 5.32 Å². The van der Waals surface area contributed by atoms with Gasteiger partial charge < -0.3 is 15.4 Å². The summed E-state index contributed by atoms with van der Waals surface area (Å²) in [7, 11) is 0.725. The summed E-state index contributed by atoms with van der Waals surface area (Å²) in [4.78, 5) is 28.1. The maximum absolute atomic E-state index is 13.9. The molecular formula is C17H15F4N3O3. The van der Waals surface area contributed by atoms with Crippen molar-refractivity contribution in [3.05, 3.63) is 59.5 Å². The minimum absolute atomic E-state index is 0.350. The molecule has 10 heteroatoms. The number of amides is 1. The number of aromatic nitrogens is 1. The smallest absolute Gasteiger partial charge is 0.441 e. The molecule has 0 aliphatic carbocycles. The number of halogens is 4. The van der Waals surface area contributed by atoms with Crippen molar-refractivity contribution in [1.82, 2.24) is 10.3 Å². The van der Waals surface area contributed by atoms with Crippen LogP contribution in [-0.4, -0.2) is 35.8 Å². The fraction of sp³-hybridized carbons (Fsp3) is 0.235. The molecule has 0 radical (unpaired) electrons. The molecule has 0 aliphatic heterocycles. The number of pyridine rings is 1. The summed E-state index contributed by atoms with van der Waals surface area (Å²) in [5, 5.41) is 3.38. The van der Waals surface area contributed by atoms with E-state index in [-0.39, 0.29) is 5.82 Å². The topological polar surface area (TPSA) is 80.3 Å². The van der Waals surface area contributed by atoms with Crippen LogP contribution in [-0.2, 0) is 9.53 Å². The van der Waals surface area contributed by atoms with Gasteiger partial charge >= 0.3 is 17.8 Å². The van der Waals surface area contributed by atoms with Crippen molar-refractivity contribution >= 4 is 17.7 Å². The Morgan fingerprint density at radius 3 is 2.30 bits per heavy atom. The molecule has 0 aliphatic rings. The summed E-state index contributed by atoms with van der Waals surface area (Å²) in [6.45, 7) is 1.66. The lowest BCUT2D eigenvalue weighted by Crippen LogP contribution is -2.69. The molecule has 0 saturated carbocycles. The Morgan fingerprint density at radius 1 is 1.11 bits per heavy atom. The van der Waals surface area contributed by atoms with Gasteiger partial charge in [-0.05, 0) is 30.7 Å². The number of nitrogens with zero attached hydrogens (tertiary/aromatic N) is 1. The van der Waals surface area contributed by atoms with Gasteiger partial charge in [-0.2, -0.15) is 13.2 Å². The van der Waals surface area contributed by atoms with Crippen molar-refractivity contribution in [2.75, 3.05) is 12.4 Å². The number of ether oxygens (including phenoxy) is 1.